The standard InChI is InChI=1S/C13H16N4O3S/c1-21(19,20)13-15-11(10-4-2-3-6-17(10)13)12(18)16-7-5-9(14)8-16/h2-4,6,9H,5,7-8,14H2,1H3/t9-/m1/s1. The second-order valence-corrected chi connectivity index (χ2v) is 7.18. The molecule has 0 bridgehead atoms. The summed E-state index contributed by atoms with van der Waals surface area (Å²) in [6.07, 6.45) is 3.41. The van der Waals surface area contributed by atoms with E-state index in [-0.39, 0.29) is 22.8 Å². The van der Waals surface area contributed by atoms with Crippen LogP contribution in [0, 0.1) is 0 Å². The minimum atomic E-state index is -3.52. The smallest absolute Gasteiger partial charge is 0.274 e. The fourth-order valence-electron chi connectivity index (χ4n) is 2.55. The molecule has 1 atom stereocenters. The molecule has 0 spiro atoms. The number of carbonyl (C=O) groups excluding carboxylic acids is 1. The summed E-state index contributed by atoms with van der Waals surface area (Å²) < 4.78 is 25.1. The first-order chi connectivity index (χ1) is 9.88. The number of rotatable bonds is 2. The van der Waals surface area contributed by atoms with E-state index in [0.717, 1.165) is 12.7 Å². The number of nitrogens with two attached hydrogens (primary N) is 1. The van der Waals surface area contributed by atoms with Gasteiger partial charge in [0.05, 0.1) is 5.52 Å². The molecule has 0 saturated carbocycles. The van der Waals surface area contributed by atoms with Gasteiger partial charge in [-0.05, 0) is 18.6 Å². The van der Waals surface area contributed by atoms with Crippen LogP contribution in [0.15, 0.2) is 29.6 Å². The molecule has 2 aromatic rings. The summed E-state index contributed by atoms with van der Waals surface area (Å²) in [5.41, 5.74) is 6.46. The van der Waals surface area contributed by atoms with Gasteiger partial charge in [-0.1, -0.05) is 6.07 Å². The Morgan fingerprint density at radius 1 is 1.43 bits per heavy atom. The minimum Gasteiger partial charge on any atom is -0.336 e. The highest BCUT2D eigenvalue weighted by Gasteiger charge is 2.29. The molecule has 3 heterocycles. The lowest BCUT2D eigenvalue weighted by Gasteiger charge is -2.14. The lowest BCUT2D eigenvalue weighted by atomic mass is 10.3. The lowest BCUT2D eigenvalue weighted by Crippen LogP contribution is -2.32. The highest BCUT2D eigenvalue weighted by Crippen LogP contribution is 2.20. The van der Waals surface area contributed by atoms with Crippen LogP contribution in [0.5, 0.6) is 0 Å². The predicted octanol–water partition coefficient (Wildman–Crippen LogP) is -0.0890. The van der Waals surface area contributed by atoms with E-state index in [4.69, 9.17) is 5.73 Å². The van der Waals surface area contributed by atoms with Gasteiger partial charge in [-0.25, -0.2) is 13.4 Å². The molecule has 0 unspecified atom stereocenters. The van der Waals surface area contributed by atoms with Gasteiger partial charge in [-0.3, -0.25) is 9.20 Å². The van der Waals surface area contributed by atoms with Crippen molar-refractivity contribution in [1.82, 2.24) is 14.3 Å². The molecule has 1 fully saturated rings. The summed E-state index contributed by atoms with van der Waals surface area (Å²) in [5.74, 6) is -0.276. The van der Waals surface area contributed by atoms with E-state index >= 15 is 0 Å². The van der Waals surface area contributed by atoms with Gasteiger partial charge >= 0.3 is 0 Å². The van der Waals surface area contributed by atoms with Gasteiger partial charge in [-0.2, -0.15) is 0 Å². The maximum Gasteiger partial charge on any atom is 0.274 e. The molecule has 21 heavy (non-hydrogen) atoms. The number of fused-ring (bicyclic) bond motifs is 1. The summed E-state index contributed by atoms with van der Waals surface area (Å²) in [6, 6.07) is 5.10. The highest BCUT2D eigenvalue weighted by atomic mass is 32.2. The third kappa shape index (κ3) is 2.40. The zero-order valence-corrected chi connectivity index (χ0v) is 12.4. The van der Waals surface area contributed by atoms with E-state index in [0.29, 0.717) is 18.6 Å². The van der Waals surface area contributed by atoms with Crippen LogP contribution >= 0.6 is 0 Å². The largest absolute Gasteiger partial charge is 0.336 e. The monoisotopic (exact) mass is 308 g/mol. The predicted molar refractivity (Wildman–Crippen MR) is 76.8 cm³/mol. The topological polar surface area (TPSA) is 97.8 Å². The van der Waals surface area contributed by atoms with Crippen LogP contribution in [0.1, 0.15) is 16.9 Å². The first-order valence-electron chi connectivity index (χ1n) is 6.60. The van der Waals surface area contributed by atoms with E-state index in [9.17, 15) is 13.2 Å². The summed E-state index contributed by atoms with van der Waals surface area (Å²) in [4.78, 5) is 18.2. The van der Waals surface area contributed by atoms with Crippen molar-refractivity contribution in [2.45, 2.75) is 17.6 Å². The average molecular weight is 308 g/mol. The average Bonchev–Trinajstić information content (AvgIpc) is 3.01. The molecule has 2 N–H and O–H groups in total. The van der Waals surface area contributed by atoms with Gasteiger partial charge in [0.2, 0.25) is 15.0 Å². The van der Waals surface area contributed by atoms with E-state index in [1.54, 1.807) is 29.3 Å². The first kappa shape index (κ1) is 14.0. The summed E-state index contributed by atoms with van der Waals surface area (Å²) in [6.45, 7) is 1.04. The Morgan fingerprint density at radius 2 is 2.19 bits per heavy atom. The summed E-state index contributed by atoms with van der Waals surface area (Å²) in [5, 5.41) is -0.120. The number of nitrogens with zero attached hydrogens (tertiary/aromatic N) is 3. The lowest BCUT2D eigenvalue weighted by molar-refractivity contribution is 0.0787. The summed E-state index contributed by atoms with van der Waals surface area (Å²) >= 11 is 0. The number of aromatic nitrogens is 2. The molecule has 0 aliphatic carbocycles. The fraction of sp³-hybridized carbons (Fsp3) is 0.385. The van der Waals surface area contributed by atoms with Crippen molar-refractivity contribution in [3.8, 4) is 0 Å². The van der Waals surface area contributed by atoms with Crippen LogP contribution in [0.3, 0.4) is 0 Å². The molecular formula is C13H16N4O3S. The van der Waals surface area contributed by atoms with Crippen molar-refractivity contribution in [3.05, 3.63) is 30.1 Å². The fourth-order valence-corrected chi connectivity index (χ4v) is 3.32. The molecule has 8 heteroatoms. The number of imidazole rings is 1. The normalized spacial score (nSPS) is 19.3. The van der Waals surface area contributed by atoms with Gasteiger partial charge in [0.1, 0.15) is 0 Å². The first-order valence-corrected chi connectivity index (χ1v) is 8.49. The molecule has 7 nitrogen and oxygen atoms in total. The second kappa shape index (κ2) is 4.81. The van der Waals surface area contributed by atoms with E-state index in [2.05, 4.69) is 4.98 Å². The number of hydrogen-bond acceptors (Lipinski definition) is 5. The number of likely N-dealkylation sites (tertiary alicyclic amines) is 1. The van der Waals surface area contributed by atoms with Crippen LogP contribution in [0.25, 0.3) is 5.52 Å². The van der Waals surface area contributed by atoms with Crippen LogP contribution in [-0.4, -0.2) is 54.0 Å². The van der Waals surface area contributed by atoms with Gasteiger partial charge in [0, 0.05) is 31.6 Å². The Morgan fingerprint density at radius 3 is 2.81 bits per heavy atom. The molecule has 0 radical (unpaired) electrons. The van der Waals surface area contributed by atoms with Crippen molar-refractivity contribution >= 4 is 21.3 Å². The van der Waals surface area contributed by atoms with Crippen molar-refractivity contribution in [1.29, 1.82) is 0 Å². The Kier molecular flexibility index (Phi) is 3.22. The molecule has 0 aromatic carbocycles. The Labute approximate surface area is 122 Å². The van der Waals surface area contributed by atoms with Crippen LogP contribution in [0.2, 0.25) is 0 Å². The third-order valence-corrected chi connectivity index (χ3v) is 4.51. The molecule has 1 aliphatic heterocycles. The zero-order valence-electron chi connectivity index (χ0n) is 11.6. The Bertz CT molecular complexity index is 812. The highest BCUT2D eigenvalue weighted by molar-refractivity contribution is 7.90. The van der Waals surface area contributed by atoms with Gasteiger partial charge in [-0.15, -0.1) is 0 Å². The molecule has 2 aromatic heterocycles. The van der Waals surface area contributed by atoms with Gasteiger partial charge < -0.3 is 10.6 Å². The van der Waals surface area contributed by atoms with Crippen LogP contribution < -0.4 is 5.73 Å². The molecule has 112 valence electrons. The minimum absolute atomic E-state index is 0.0304. The van der Waals surface area contributed by atoms with Gasteiger partial charge in [0.25, 0.3) is 5.91 Å². The van der Waals surface area contributed by atoms with E-state index in [1.807, 2.05) is 0 Å². The van der Waals surface area contributed by atoms with Crippen LogP contribution in [0.4, 0.5) is 0 Å². The quantitative estimate of drug-likeness (QED) is 0.836. The number of carbonyl (C=O) groups is 1. The molecule has 3 rings (SSSR count). The van der Waals surface area contributed by atoms with Crippen molar-refractivity contribution < 1.29 is 13.2 Å². The van der Waals surface area contributed by atoms with Crippen molar-refractivity contribution in [3.63, 3.8) is 0 Å². The van der Waals surface area contributed by atoms with Crippen LogP contribution in [-0.2, 0) is 9.84 Å². The maximum atomic E-state index is 12.5. The Balaban J connectivity index is 2.13. The van der Waals surface area contributed by atoms with Crippen molar-refractivity contribution in [2.75, 3.05) is 19.3 Å². The summed E-state index contributed by atoms with van der Waals surface area (Å²) in [7, 11) is -3.52. The molecule has 1 aliphatic rings. The number of pyridine rings is 1. The van der Waals surface area contributed by atoms with E-state index in [1.165, 1.54) is 4.40 Å². The maximum absolute atomic E-state index is 12.5. The molecular weight excluding hydrogens is 292 g/mol. The SMILES string of the molecule is CS(=O)(=O)c1nc(C(=O)N2CC[C@@H](N)C2)c2ccccn12. The zero-order chi connectivity index (χ0) is 15.2. The number of sulfone groups is 1. The Hall–Kier alpha value is -1.93. The third-order valence-electron chi connectivity index (χ3n) is 3.56. The second-order valence-electron chi connectivity index (χ2n) is 5.27. The van der Waals surface area contributed by atoms with E-state index < -0.39 is 9.84 Å². The van der Waals surface area contributed by atoms with Gasteiger partial charge in [0.15, 0.2) is 5.69 Å². The molecule has 1 amide bonds. The molecule has 1 saturated heterocycles. The number of hydrogen-bond donors (Lipinski definition) is 1. The number of amides is 1. The van der Waals surface area contributed by atoms with Crippen molar-refractivity contribution in [2.24, 2.45) is 5.73 Å².